The van der Waals surface area contributed by atoms with Crippen LogP contribution in [-0.4, -0.2) is 61.0 Å². The lowest BCUT2D eigenvalue weighted by atomic mass is 10.2. The molecule has 0 spiro atoms. The second-order valence-corrected chi connectivity index (χ2v) is 6.71. The zero-order valence-corrected chi connectivity index (χ0v) is 16.6. The number of nitrogens with zero attached hydrogens (tertiary/aromatic N) is 3. The predicted octanol–water partition coefficient (Wildman–Crippen LogP) is 1.45. The Labute approximate surface area is 170 Å². The van der Waals surface area contributed by atoms with E-state index in [1.807, 2.05) is 25.1 Å². The van der Waals surface area contributed by atoms with Gasteiger partial charge in [-0.1, -0.05) is 18.2 Å². The van der Waals surface area contributed by atoms with E-state index in [0.717, 1.165) is 26.2 Å². The van der Waals surface area contributed by atoms with Crippen LogP contribution < -0.4 is 20.5 Å². The van der Waals surface area contributed by atoms with Crippen molar-refractivity contribution in [3.8, 4) is 5.88 Å². The summed E-state index contributed by atoms with van der Waals surface area (Å²) < 4.78 is 5.34. The first-order valence-electron chi connectivity index (χ1n) is 9.86. The summed E-state index contributed by atoms with van der Waals surface area (Å²) in [4.78, 5) is 33.0. The topological polar surface area (TPSA) is 86.8 Å². The normalized spacial score (nSPS) is 14.3. The highest BCUT2D eigenvalue weighted by Gasteiger charge is 2.18. The minimum atomic E-state index is -0.452. The number of hydrogen-bond donors (Lipinski definition) is 2. The van der Waals surface area contributed by atoms with Gasteiger partial charge in [0.2, 0.25) is 11.8 Å². The average molecular weight is 397 g/mol. The standard InChI is InChI=1S/C21H27N5O3/c1-2-29-21-18(9-6-11-22-21)20(28)24-23-19(27)10-12-25-13-15-26(16-14-25)17-7-4-3-5-8-17/h3-9,11H,2,10,12-16H2,1H3,(H,23,27)(H,24,28). The van der Waals surface area contributed by atoms with Gasteiger partial charge in [0.25, 0.3) is 5.91 Å². The van der Waals surface area contributed by atoms with E-state index in [-0.39, 0.29) is 17.4 Å². The molecule has 0 bridgehead atoms. The SMILES string of the molecule is CCOc1ncccc1C(=O)NNC(=O)CCN1CCN(c2ccccc2)CC1. The molecule has 1 saturated heterocycles. The van der Waals surface area contributed by atoms with Crippen LogP contribution in [0.2, 0.25) is 0 Å². The first-order chi connectivity index (χ1) is 14.2. The van der Waals surface area contributed by atoms with Crippen LogP contribution in [0.1, 0.15) is 23.7 Å². The second-order valence-electron chi connectivity index (χ2n) is 6.71. The van der Waals surface area contributed by atoms with Crippen LogP contribution in [0.15, 0.2) is 48.7 Å². The third kappa shape index (κ3) is 5.92. The highest BCUT2D eigenvalue weighted by Crippen LogP contribution is 2.16. The van der Waals surface area contributed by atoms with Crippen molar-refractivity contribution in [2.45, 2.75) is 13.3 Å². The summed E-state index contributed by atoms with van der Waals surface area (Å²) in [5, 5.41) is 0. The lowest BCUT2D eigenvalue weighted by Crippen LogP contribution is -2.48. The Morgan fingerprint density at radius 2 is 1.79 bits per heavy atom. The van der Waals surface area contributed by atoms with Gasteiger partial charge in [-0.25, -0.2) is 4.98 Å². The lowest BCUT2D eigenvalue weighted by Gasteiger charge is -2.36. The van der Waals surface area contributed by atoms with Gasteiger partial charge < -0.3 is 9.64 Å². The quantitative estimate of drug-likeness (QED) is 0.688. The number of hydrazine groups is 1. The van der Waals surface area contributed by atoms with E-state index in [4.69, 9.17) is 4.74 Å². The molecule has 1 aliphatic heterocycles. The van der Waals surface area contributed by atoms with Crippen molar-refractivity contribution in [2.75, 3.05) is 44.2 Å². The molecule has 2 N–H and O–H groups in total. The van der Waals surface area contributed by atoms with Crippen LogP contribution in [0.3, 0.4) is 0 Å². The number of benzene rings is 1. The van der Waals surface area contributed by atoms with Gasteiger partial charge in [-0.3, -0.25) is 25.3 Å². The summed E-state index contributed by atoms with van der Waals surface area (Å²) in [5.41, 5.74) is 6.41. The Bertz CT molecular complexity index is 807. The molecule has 29 heavy (non-hydrogen) atoms. The molecule has 1 aliphatic rings. The van der Waals surface area contributed by atoms with Crippen molar-refractivity contribution in [1.82, 2.24) is 20.7 Å². The molecule has 3 rings (SSSR count). The molecule has 154 valence electrons. The molecule has 2 amide bonds. The number of piperazine rings is 1. The first-order valence-corrected chi connectivity index (χ1v) is 9.86. The number of rotatable bonds is 7. The fourth-order valence-electron chi connectivity index (χ4n) is 3.20. The van der Waals surface area contributed by atoms with Crippen molar-refractivity contribution < 1.29 is 14.3 Å². The lowest BCUT2D eigenvalue weighted by molar-refractivity contribution is -0.122. The van der Waals surface area contributed by atoms with Gasteiger partial charge in [-0.15, -0.1) is 0 Å². The van der Waals surface area contributed by atoms with Crippen molar-refractivity contribution in [2.24, 2.45) is 0 Å². The van der Waals surface area contributed by atoms with E-state index in [1.54, 1.807) is 18.3 Å². The molecule has 0 radical (unpaired) electrons. The van der Waals surface area contributed by atoms with E-state index in [9.17, 15) is 9.59 Å². The maximum atomic E-state index is 12.3. The van der Waals surface area contributed by atoms with Crippen molar-refractivity contribution in [3.63, 3.8) is 0 Å². The summed E-state index contributed by atoms with van der Waals surface area (Å²) in [7, 11) is 0. The molecule has 8 nitrogen and oxygen atoms in total. The summed E-state index contributed by atoms with van der Waals surface area (Å²) in [5.74, 6) is -0.435. The monoisotopic (exact) mass is 397 g/mol. The Balaban J connectivity index is 1.38. The average Bonchev–Trinajstić information content (AvgIpc) is 2.77. The highest BCUT2D eigenvalue weighted by atomic mass is 16.5. The number of carbonyl (C=O) groups is 2. The molecule has 0 saturated carbocycles. The molecule has 0 aliphatic carbocycles. The van der Waals surface area contributed by atoms with Crippen LogP contribution in [0.4, 0.5) is 5.69 Å². The van der Waals surface area contributed by atoms with Crippen molar-refractivity contribution >= 4 is 17.5 Å². The number of para-hydroxylation sites is 1. The number of aromatic nitrogens is 1. The molecular weight excluding hydrogens is 370 g/mol. The zero-order chi connectivity index (χ0) is 20.5. The van der Waals surface area contributed by atoms with Gasteiger partial charge in [0.1, 0.15) is 5.56 Å². The molecule has 2 heterocycles. The minimum absolute atomic E-state index is 0.231. The summed E-state index contributed by atoms with van der Waals surface area (Å²) in [6, 6.07) is 13.6. The third-order valence-electron chi connectivity index (χ3n) is 4.76. The maximum Gasteiger partial charge on any atom is 0.275 e. The minimum Gasteiger partial charge on any atom is -0.477 e. The highest BCUT2D eigenvalue weighted by molar-refractivity contribution is 5.97. The fourth-order valence-corrected chi connectivity index (χ4v) is 3.20. The fraction of sp³-hybridized carbons (Fsp3) is 0.381. The van der Waals surface area contributed by atoms with E-state index >= 15 is 0 Å². The number of pyridine rings is 1. The van der Waals surface area contributed by atoms with Crippen LogP contribution in [0.5, 0.6) is 5.88 Å². The largest absolute Gasteiger partial charge is 0.477 e. The molecule has 1 aromatic heterocycles. The second kappa shape index (κ2) is 10.4. The van der Waals surface area contributed by atoms with Crippen LogP contribution >= 0.6 is 0 Å². The molecule has 1 aromatic carbocycles. The van der Waals surface area contributed by atoms with Crippen molar-refractivity contribution in [3.05, 3.63) is 54.2 Å². The number of carbonyl (C=O) groups excluding carboxylic acids is 2. The molecule has 0 atom stereocenters. The number of ether oxygens (including phenoxy) is 1. The smallest absolute Gasteiger partial charge is 0.275 e. The Hall–Kier alpha value is -3.13. The molecule has 2 aromatic rings. The van der Waals surface area contributed by atoms with E-state index in [2.05, 4.69) is 37.8 Å². The van der Waals surface area contributed by atoms with E-state index < -0.39 is 5.91 Å². The van der Waals surface area contributed by atoms with E-state index in [1.165, 1.54) is 5.69 Å². The van der Waals surface area contributed by atoms with Gasteiger partial charge in [-0.05, 0) is 31.2 Å². The Morgan fingerprint density at radius 1 is 1.03 bits per heavy atom. The molecule has 0 unspecified atom stereocenters. The van der Waals surface area contributed by atoms with Crippen LogP contribution in [0, 0.1) is 0 Å². The van der Waals surface area contributed by atoms with Gasteiger partial charge in [0, 0.05) is 51.0 Å². The number of anilines is 1. The van der Waals surface area contributed by atoms with Crippen LogP contribution in [-0.2, 0) is 4.79 Å². The summed E-state index contributed by atoms with van der Waals surface area (Å²) in [6.07, 6.45) is 1.87. The number of amides is 2. The molecule has 1 fully saturated rings. The van der Waals surface area contributed by atoms with Crippen LogP contribution in [0.25, 0.3) is 0 Å². The maximum absolute atomic E-state index is 12.3. The Kier molecular flexibility index (Phi) is 7.40. The van der Waals surface area contributed by atoms with Gasteiger partial charge in [-0.2, -0.15) is 0 Å². The third-order valence-corrected chi connectivity index (χ3v) is 4.76. The van der Waals surface area contributed by atoms with Gasteiger partial charge in [0.15, 0.2) is 0 Å². The Morgan fingerprint density at radius 3 is 2.52 bits per heavy atom. The van der Waals surface area contributed by atoms with E-state index in [0.29, 0.717) is 19.6 Å². The zero-order valence-electron chi connectivity index (χ0n) is 16.6. The van der Waals surface area contributed by atoms with Gasteiger partial charge in [0.05, 0.1) is 6.61 Å². The first kappa shape index (κ1) is 20.6. The van der Waals surface area contributed by atoms with Crippen molar-refractivity contribution in [1.29, 1.82) is 0 Å². The molecule has 8 heteroatoms. The predicted molar refractivity (Wildman–Crippen MR) is 111 cm³/mol. The molecular formula is C21H27N5O3. The summed E-state index contributed by atoms with van der Waals surface area (Å²) in [6.45, 7) is 6.55. The number of nitrogens with one attached hydrogen (secondary N) is 2. The van der Waals surface area contributed by atoms with Gasteiger partial charge >= 0.3 is 0 Å². The summed E-state index contributed by atoms with van der Waals surface area (Å²) >= 11 is 0. The number of hydrogen-bond acceptors (Lipinski definition) is 6.